The second-order valence-electron chi connectivity index (χ2n) is 12.1. The van der Waals surface area contributed by atoms with Gasteiger partial charge in [0.1, 0.15) is 17.8 Å². The molecule has 3 unspecified atom stereocenters. The average molecular weight is 543 g/mol. The molecule has 2 saturated carbocycles. The summed E-state index contributed by atoms with van der Waals surface area (Å²) < 4.78 is 45.8. The van der Waals surface area contributed by atoms with Crippen molar-refractivity contribution >= 4 is 17.3 Å². The molecule has 6 atom stereocenters. The number of benzene rings is 1. The van der Waals surface area contributed by atoms with Gasteiger partial charge in [-0.1, -0.05) is 49.8 Å². The van der Waals surface area contributed by atoms with Gasteiger partial charge in [0.15, 0.2) is 11.6 Å². The molecule has 4 rings (SSSR count). The molecule has 0 spiro atoms. The number of ketones is 2. The summed E-state index contributed by atoms with van der Waals surface area (Å²) >= 11 is 0. The molecule has 0 saturated heterocycles. The second kappa shape index (κ2) is 9.92. The van der Waals surface area contributed by atoms with Crippen molar-refractivity contribution in [3.05, 3.63) is 78.4 Å². The zero-order chi connectivity index (χ0) is 29.0. The van der Waals surface area contributed by atoms with Crippen LogP contribution in [0.25, 0.3) is 5.76 Å². The van der Waals surface area contributed by atoms with Gasteiger partial charge < -0.3 is 9.84 Å². The molecule has 4 nitrogen and oxygen atoms in total. The van der Waals surface area contributed by atoms with E-state index in [0.29, 0.717) is 24.8 Å². The molecule has 1 N–H and O–H groups in total. The van der Waals surface area contributed by atoms with E-state index in [1.165, 1.54) is 18.2 Å². The minimum absolute atomic E-state index is 0.0280. The maximum absolute atomic E-state index is 14.4. The lowest BCUT2D eigenvalue weighted by molar-refractivity contribution is -0.250. The summed E-state index contributed by atoms with van der Waals surface area (Å²) in [6, 6.07) is 4.38. The van der Waals surface area contributed by atoms with E-state index in [1.807, 2.05) is 27.7 Å². The molecule has 2 bridgehead atoms. The maximum atomic E-state index is 14.4. The third kappa shape index (κ3) is 4.33. The monoisotopic (exact) mass is 542 g/mol. The number of carbonyl (C=O) groups is 2. The molecular formula is C32H37F3O4. The Morgan fingerprint density at radius 2 is 1.72 bits per heavy atom. The van der Waals surface area contributed by atoms with Crippen molar-refractivity contribution in [1.29, 1.82) is 0 Å². The zero-order valence-electron chi connectivity index (χ0n) is 23.0. The standard InChI is InChI=1S/C32H37F3O4/c1-7-15-30-18-22(12-9-19(3)4)29(5,6)31(16-8-2,28(30)38)26(37)25-23(36)17-24(39-27(25)30)20-10-13-21(14-11-20)32(33,34)35/h7-11,13-14,17,22,25,27-28,38H,1-2,12,15-16,18H2,3-6H3/t22-,25?,27?,28?,30-,31+/m1/s1. The van der Waals surface area contributed by atoms with E-state index >= 15 is 0 Å². The van der Waals surface area contributed by atoms with Crippen molar-refractivity contribution in [1.82, 2.24) is 0 Å². The number of allylic oxidation sites excluding steroid dienone is 5. The van der Waals surface area contributed by atoms with Crippen LogP contribution in [0.4, 0.5) is 13.2 Å². The van der Waals surface area contributed by atoms with Gasteiger partial charge in [-0.15, -0.1) is 13.2 Å². The fourth-order valence-electron chi connectivity index (χ4n) is 7.37. The number of hydrogen-bond acceptors (Lipinski definition) is 4. The van der Waals surface area contributed by atoms with Crippen LogP contribution in [-0.4, -0.2) is 28.9 Å². The van der Waals surface area contributed by atoms with E-state index in [0.717, 1.165) is 17.7 Å². The predicted molar refractivity (Wildman–Crippen MR) is 144 cm³/mol. The summed E-state index contributed by atoms with van der Waals surface area (Å²) in [7, 11) is 0. The molecule has 0 radical (unpaired) electrons. The van der Waals surface area contributed by atoms with Crippen LogP contribution < -0.4 is 0 Å². The summed E-state index contributed by atoms with van der Waals surface area (Å²) in [6.07, 6.45) is 1.71. The molecule has 2 aliphatic carbocycles. The first-order valence-corrected chi connectivity index (χ1v) is 13.3. The van der Waals surface area contributed by atoms with E-state index in [-0.39, 0.29) is 23.9 Å². The fourth-order valence-corrected chi connectivity index (χ4v) is 7.37. The number of halogens is 3. The lowest BCUT2D eigenvalue weighted by Gasteiger charge is -2.68. The van der Waals surface area contributed by atoms with Crippen LogP contribution in [-0.2, 0) is 20.5 Å². The highest BCUT2D eigenvalue weighted by molar-refractivity contribution is 6.14. The molecule has 1 heterocycles. The van der Waals surface area contributed by atoms with Crippen LogP contribution in [0.15, 0.2) is 67.3 Å². The molecule has 39 heavy (non-hydrogen) atoms. The summed E-state index contributed by atoms with van der Waals surface area (Å²) in [5, 5.41) is 12.2. The molecule has 210 valence electrons. The molecule has 1 aliphatic heterocycles. The lowest BCUT2D eigenvalue weighted by Crippen LogP contribution is -2.75. The van der Waals surface area contributed by atoms with Gasteiger partial charge in [-0.25, -0.2) is 0 Å². The summed E-state index contributed by atoms with van der Waals surface area (Å²) in [5.41, 5.74) is -2.33. The van der Waals surface area contributed by atoms with E-state index in [1.54, 1.807) is 12.2 Å². The Balaban J connectivity index is 1.89. The Bertz CT molecular complexity index is 1230. The van der Waals surface area contributed by atoms with Crippen molar-refractivity contribution in [2.24, 2.45) is 28.1 Å². The number of ether oxygens (including phenoxy) is 1. The lowest BCUT2D eigenvalue weighted by atomic mass is 9.36. The number of Topliss-reactive ketones (excluding diaryl/α,β-unsaturated/α-hetero) is 1. The average Bonchev–Trinajstić information content (AvgIpc) is 2.85. The van der Waals surface area contributed by atoms with Gasteiger partial charge in [-0.2, -0.15) is 13.2 Å². The van der Waals surface area contributed by atoms with Gasteiger partial charge in [0, 0.05) is 17.1 Å². The van der Waals surface area contributed by atoms with Gasteiger partial charge in [-0.05, 0) is 63.0 Å². The Morgan fingerprint density at radius 3 is 2.26 bits per heavy atom. The van der Waals surface area contributed by atoms with Crippen LogP contribution in [0.1, 0.15) is 64.5 Å². The first-order chi connectivity index (χ1) is 18.2. The highest BCUT2D eigenvalue weighted by Gasteiger charge is 2.75. The Labute approximate surface area is 228 Å². The second-order valence-corrected chi connectivity index (χ2v) is 12.1. The van der Waals surface area contributed by atoms with Gasteiger partial charge in [0.25, 0.3) is 0 Å². The number of aliphatic hydroxyl groups excluding tert-OH is 1. The smallest absolute Gasteiger partial charge is 0.416 e. The first kappa shape index (κ1) is 29.1. The number of hydrogen-bond donors (Lipinski definition) is 1. The largest absolute Gasteiger partial charge is 0.488 e. The van der Waals surface area contributed by atoms with Crippen molar-refractivity contribution in [3.8, 4) is 0 Å². The highest BCUT2D eigenvalue weighted by Crippen LogP contribution is 2.69. The quantitative estimate of drug-likeness (QED) is 0.295. The molecule has 0 amide bonds. The normalized spacial score (nSPS) is 33.4. The van der Waals surface area contributed by atoms with Crippen molar-refractivity contribution in [2.75, 3.05) is 0 Å². The number of fused-ring (bicyclic) bond motifs is 4. The third-order valence-corrected chi connectivity index (χ3v) is 9.53. The van der Waals surface area contributed by atoms with Crippen molar-refractivity contribution in [2.45, 2.75) is 71.8 Å². The molecule has 1 aromatic rings. The molecular weight excluding hydrogens is 505 g/mol. The Hall–Kier alpha value is -2.93. The first-order valence-electron chi connectivity index (χ1n) is 13.3. The van der Waals surface area contributed by atoms with Crippen LogP contribution >= 0.6 is 0 Å². The number of rotatable bonds is 7. The molecule has 3 aliphatic rings. The van der Waals surface area contributed by atoms with E-state index in [4.69, 9.17) is 4.74 Å². The van der Waals surface area contributed by atoms with E-state index < -0.39 is 51.9 Å². The minimum atomic E-state index is -4.50. The van der Waals surface area contributed by atoms with Gasteiger partial charge in [-0.3, -0.25) is 9.59 Å². The molecule has 7 heteroatoms. The van der Waals surface area contributed by atoms with Crippen LogP contribution in [0, 0.1) is 28.1 Å². The summed E-state index contributed by atoms with van der Waals surface area (Å²) in [4.78, 5) is 28.1. The zero-order valence-corrected chi connectivity index (χ0v) is 23.0. The van der Waals surface area contributed by atoms with Crippen LogP contribution in [0.2, 0.25) is 0 Å². The third-order valence-electron chi connectivity index (χ3n) is 9.53. The number of carbonyl (C=O) groups excluding carboxylic acids is 2. The number of alkyl halides is 3. The Kier molecular flexibility index (Phi) is 7.39. The predicted octanol–water partition coefficient (Wildman–Crippen LogP) is 7.10. The topological polar surface area (TPSA) is 63.6 Å². The summed E-state index contributed by atoms with van der Waals surface area (Å²) in [5.74, 6) is -1.90. The molecule has 1 aromatic carbocycles. The minimum Gasteiger partial charge on any atom is -0.488 e. The SMILES string of the molecule is C=CC[C@@]12C[C@@H](CC=C(C)C)C(C)(C)[C@@](CC=C)(C(=O)C3C(=O)C=C(c4ccc(C(F)(F)F)cc4)OC31)C2O. The van der Waals surface area contributed by atoms with Crippen molar-refractivity contribution in [3.63, 3.8) is 0 Å². The molecule has 2 fully saturated rings. The maximum Gasteiger partial charge on any atom is 0.416 e. The van der Waals surface area contributed by atoms with Crippen LogP contribution in [0.3, 0.4) is 0 Å². The van der Waals surface area contributed by atoms with Gasteiger partial charge in [0.05, 0.1) is 17.1 Å². The van der Waals surface area contributed by atoms with Gasteiger partial charge in [0.2, 0.25) is 0 Å². The summed E-state index contributed by atoms with van der Waals surface area (Å²) in [6.45, 7) is 15.8. The van der Waals surface area contributed by atoms with Crippen LogP contribution in [0.5, 0.6) is 0 Å². The fraction of sp³-hybridized carbons (Fsp3) is 0.500. The van der Waals surface area contributed by atoms with E-state index in [9.17, 15) is 27.9 Å². The highest BCUT2D eigenvalue weighted by atomic mass is 19.4. The van der Waals surface area contributed by atoms with E-state index in [2.05, 4.69) is 19.2 Å². The van der Waals surface area contributed by atoms with Crippen molar-refractivity contribution < 1.29 is 32.6 Å². The Morgan fingerprint density at radius 1 is 1.10 bits per heavy atom. The molecule has 0 aromatic heterocycles. The number of aliphatic hydroxyl groups is 1. The van der Waals surface area contributed by atoms with Gasteiger partial charge >= 0.3 is 6.18 Å².